The fourth-order valence-electron chi connectivity index (χ4n) is 4.33. The van der Waals surface area contributed by atoms with Gasteiger partial charge in [-0.05, 0) is 55.2 Å². The van der Waals surface area contributed by atoms with Crippen LogP contribution in [0.3, 0.4) is 0 Å². The minimum atomic E-state index is 0.145. The van der Waals surface area contributed by atoms with Crippen molar-refractivity contribution < 1.29 is 4.79 Å². The lowest BCUT2D eigenvalue weighted by molar-refractivity contribution is -0.105. The van der Waals surface area contributed by atoms with Crippen molar-refractivity contribution in [3.05, 3.63) is 32.2 Å². The van der Waals surface area contributed by atoms with Gasteiger partial charge in [0.1, 0.15) is 16.9 Å². The molecule has 2 aliphatic rings. The van der Waals surface area contributed by atoms with Gasteiger partial charge in [0.05, 0.1) is 5.39 Å². The van der Waals surface area contributed by atoms with E-state index in [-0.39, 0.29) is 5.56 Å². The summed E-state index contributed by atoms with van der Waals surface area (Å²) in [6, 6.07) is 0. The highest BCUT2D eigenvalue weighted by Crippen LogP contribution is 2.42. The second-order valence-corrected chi connectivity index (χ2v) is 8.46. The molecule has 3 heterocycles. The molecule has 1 aliphatic carbocycles. The smallest absolute Gasteiger partial charge is 0.262 e. The zero-order valence-corrected chi connectivity index (χ0v) is 16.3. The maximum atomic E-state index is 13.2. The molecule has 138 valence electrons. The Morgan fingerprint density at radius 3 is 2.85 bits per heavy atom. The quantitative estimate of drug-likeness (QED) is 0.568. The summed E-state index contributed by atoms with van der Waals surface area (Å²) < 4.78 is 1.91. The number of hydrogen-bond donors (Lipinski definition) is 0. The van der Waals surface area contributed by atoms with Gasteiger partial charge >= 0.3 is 0 Å². The first-order valence-electron chi connectivity index (χ1n) is 9.97. The fraction of sp³-hybridized carbons (Fsp3) is 0.571. The number of allylic oxidation sites excluding steroid dienone is 2. The van der Waals surface area contributed by atoms with Crippen LogP contribution in [0.5, 0.6) is 0 Å². The summed E-state index contributed by atoms with van der Waals surface area (Å²) in [7, 11) is 0. The maximum Gasteiger partial charge on any atom is 0.262 e. The molecule has 0 N–H and O–H groups in total. The summed E-state index contributed by atoms with van der Waals surface area (Å²) >= 11 is 1.64. The third kappa shape index (κ3) is 2.96. The standard InChI is InChI=1S/C21H26N2O2S/c1-2-3-5-8-15-14(13-24)10-11-16-18-20(26-19(15)16)22-17-9-6-4-7-12-23(17)21(18)25/h13H,2-12H2,1H3. The van der Waals surface area contributed by atoms with Crippen molar-refractivity contribution in [2.24, 2.45) is 0 Å². The van der Waals surface area contributed by atoms with Crippen molar-refractivity contribution >= 4 is 33.4 Å². The van der Waals surface area contributed by atoms with Crippen LogP contribution in [0.1, 0.15) is 74.6 Å². The van der Waals surface area contributed by atoms with Crippen molar-refractivity contribution in [1.29, 1.82) is 0 Å². The number of fused-ring (bicyclic) bond motifs is 4. The second kappa shape index (κ2) is 7.47. The number of rotatable bonds is 5. The van der Waals surface area contributed by atoms with Gasteiger partial charge in [0, 0.05) is 17.8 Å². The number of carbonyl (C=O) groups is 1. The van der Waals surface area contributed by atoms with E-state index in [1.807, 2.05) is 4.57 Å². The van der Waals surface area contributed by atoms with Crippen LogP contribution in [-0.2, 0) is 24.2 Å². The van der Waals surface area contributed by atoms with E-state index in [1.54, 1.807) is 11.3 Å². The molecule has 1 aliphatic heterocycles. The van der Waals surface area contributed by atoms with E-state index in [0.717, 1.165) is 89.8 Å². The lowest BCUT2D eigenvalue weighted by Crippen LogP contribution is -2.24. The molecule has 0 atom stereocenters. The van der Waals surface area contributed by atoms with E-state index in [4.69, 9.17) is 4.98 Å². The number of nitrogens with zero attached hydrogens (tertiary/aromatic N) is 2. The van der Waals surface area contributed by atoms with Crippen LogP contribution in [0.4, 0.5) is 0 Å². The zero-order valence-electron chi connectivity index (χ0n) is 15.5. The maximum absolute atomic E-state index is 13.2. The van der Waals surface area contributed by atoms with Crippen LogP contribution < -0.4 is 5.56 Å². The van der Waals surface area contributed by atoms with Crippen molar-refractivity contribution in [2.75, 3.05) is 0 Å². The Morgan fingerprint density at radius 2 is 2.04 bits per heavy atom. The first kappa shape index (κ1) is 17.7. The molecule has 0 fully saturated rings. The van der Waals surface area contributed by atoms with E-state index in [9.17, 15) is 9.59 Å². The molecule has 26 heavy (non-hydrogen) atoms. The molecule has 4 rings (SSSR count). The number of aryl methyl sites for hydroxylation is 2. The number of aromatic nitrogens is 2. The van der Waals surface area contributed by atoms with Gasteiger partial charge in [0.25, 0.3) is 5.56 Å². The first-order valence-corrected chi connectivity index (χ1v) is 10.8. The summed E-state index contributed by atoms with van der Waals surface area (Å²) in [5.74, 6) is 0.950. The Balaban J connectivity index is 1.87. The largest absolute Gasteiger partial charge is 0.298 e. The van der Waals surface area contributed by atoms with Crippen LogP contribution in [0.2, 0.25) is 0 Å². The molecule has 2 aromatic heterocycles. The summed E-state index contributed by atoms with van der Waals surface area (Å²) in [6.45, 7) is 2.99. The molecule has 0 bridgehead atoms. The SMILES string of the molecule is CCCCCC1=C(C=O)CCc2c1sc1nc3n(c(=O)c21)CCCCC3. The average Bonchev–Trinajstić information content (AvgIpc) is 2.85. The second-order valence-electron chi connectivity index (χ2n) is 7.46. The topological polar surface area (TPSA) is 52.0 Å². The third-order valence-electron chi connectivity index (χ3n) is 5.75. The van der Waals surface area contributed by atoms with Gasteiger partial charge in [-0.25, -0.2) is 4.98 Å². The van der Waals surface area contributed by atoms with Gasteiger partial charge in [0.15, 0.2) is 0 Å². The molecule has 2 aromatic rings. The normalized spacial score (nSPS) is 17.1. The van der Waals surface area contributed by atoms with Gasteiger partial charge in [-0.3, -0.25) is 14.2 Å². The number of thiophene rings is 1. The van der Waals surface area contributed by atoms with Crippen molar-refractivity contribution in [3.8, 4) is 0 Å². The predicted octanol–water partition coefficient (Wildman–Crippen LogP) is 4.66. The molecular formula is C21H26N2O2S. The minimum Gasteiger partial charge on any atom is -0.298 e. The Bertz CT molecular complexity index is 936. The molecule has 0 unspecified atom stereocenters. The van der Waals surface area contributed by atoms with E-state index in [2.05, 4.69) is 6.92 Å². The fourth-order valence-corrected chi connectivity index (χ4v) is 5.67. The van der Waals surface area contributed by atoms with E-state index < -0.39 is 0 Å². The molecule has 0 saturated heterocycles. The van der Waals surface area contributed by atoms with Crippen LogP contribution in [0.15, 0.2) is 10.4 Å². The number of aldehydes is 1. The van der Waals surface area contributed by atoms with E-state index in [1.165, 1.54) is 24.8 Å². The number of hydrogen-bond acceptors (Lipinski definition) is 4. The molecule has 0 spiro atoms. The Hall–Kier alpha value is -1.75. The van der Waals surface area contributed by atoms with Gasteiger partial charge in [-0.15, -0.1) is 11.3 Å². The zero-order chi connectivity index (χ0) is 18.1. The number of unbranched alkanes of at least 4 members (excludes halogenated alkanes) is 2. The minimum absolute atomic E-state index is 0.145. The Labute approximate surface area is 157 Å². The van der Waals surface area contributed by atoms with Crippen LogP contribution in [0.25, 0.3) is 15.8 Å². The highest BCUT2D eigenvalue weighted by atomic mass is 32.1. The highest BCUT2D eigenvalue weighted by Gasteiger charge is 2.26. The Morgan fingerprint density at radius 1 is 1.15 bits per heavy atom. The molecule has 5 heteroatoms. The van der Waals surface area contributed by atoms with Crippen LogP contribution in [-0.4, -0.2) is 15.8 Å². The lowest BCUT2D eigenvalue weighted by Gasteiger charge is -2.17. The Kier molecular flexibility index (Phi) is 5.07. The molecule has 0 radical (unpaired) electrons. The lowest BCUT2D eigenvalue weighted by atomic mass is 9.88. The molecule has 4 nitrogen and oxygen atoms in total. The predicted molar refractivity (Wildman–Crippen MR) is 107 cm³/mol. The van der Waals surface area contributed by atoms with Gasteiger partial charge in [0.2, 0.25) is 0 Å². The summed E-state index contributed by atoms with van der Waals surface area (Å²) in [5, 5.41) is 0.827. The third-order valence-corrected chi connectivity index (χ3v) is 6.94. The van der Waals surface area contributed by atoms with Crippen molar-refractivity contribution in [1.82, 2.24) is 9.55 Å². The van der Waals surface area contributed by atoms with E-state index in [0.29, 0.717) is 0 Å². The summed E-state index contributed by atoms with van der Waals surface area (Å²) in [5.41, 5.74) is 3.41. The average molecular weight is 371 g/mol. The van der Waals surface area contributed by atoms with Crippen LogP contribution >= 0.6 is 11.3 Å². The molecule has 0 aromatic carbocycles. The van der Waals surface area contributed by atoms with Gasteiger partial charge < -0.3 is 0 Å². The molecular weight excluding hydrogens is 344 g/mol. The number of carbonyl (C=O) groups excluding carboxylic acids is 1. The first-order chi connectivity index (χ1) is 12.7. The molecule has 0 amide bonds. The van der Waals surface area contributed by atoms with Gasteiger partial charge in [-0.2, -0.15) is 0 Å². The summed E-state index contributed by atoms with van der Waals surface area (Å²) in [4.78, 5) is 31.8. The van der Waals surface area contributed by atoms with Crippen LogP contribution in [0, 0.1) is 0 Å². The van der Waals surface area contributed by atoms with E-state index >= 15 is 0 Å². The van der Waals surface area contributed by atoms with Gasteiger partial charge in [-0.1, -0.05) is 26.2 Å². The van der Waals surface area contributed by atoms with Crippen molar-refractivity contribution in [2.45, 2.75) is 77.7 Å². The summed E-state index contributed by atoms with van der Waals surface area (Å²) in [6.07, 6.45) is 11.2. The monoisotopic (exact) mass is 370 g/mol. The van der Waals surface area contributed by atoms with Crippen molar-refractivity contribution in [3.63, 3.8) is 0 Å². The molecule has 0 saturated carbocycles. The highest BCUT2D eigenvalue weighted by molar-refractivity contribution is 7.19.